The minimum absolute atomic E-state index is 0.0199. The molecule has 0 aliphatic carbocycles. The Morgan fingerprint density at radius 1 is 1.13 bits per heavy atom. The van der Waals surface area contributed by atoms with Gasteiger partial charge in [-0.1, -0.05) is 47.5 Å². The van der Waals surface area contributed by atoms with E-state index in [1.807, 2.05) is 18.2 Å². The summed E-state index contributed by atoms with van der Waals surface area (Å²) in [5, 5.41) is 15.0. The van der Waals surface area contributed by atoms with Crippen LogP contribution in [0.1, 0.15) is 11.1 Å². The van der Waals surface area contributed by atoms with E-state index in [-0.39, 0.29) is 33.6 Å². The molecule has 0 aliphatic heterocycles. The number of carbonyl (C=O) groups excluding carboxylic acids is 1. The van der Waals surface area contributed by atoms with Crippen molar-refractivity contribution in [3.05, 3.63) is 92.0 Å². The van der Waals surface area contributed by atoms with Gasteiger partial charge in [0.15, 0.2) is 0 Å². The fourth-order valence-corrected chi connectivity index (χ4v) is 6.23. The Morgan fingerprint density at radius 2 is 1.87 bits per heavy atom. The number of aryl methyl sites for hydroxylation is 1. The first-order chi connectivity index (χ1) is 18.0. The molecule has 0 heterocycles. The highest BCUT2D eigenvalue weighted by atomic mass is 35.5. The number of nitrogens with one attached hydrogen (secondary N) is 1. The van der Waals surface area contributed by atoms with Gasteiger partial charge in [-0.25, -0.2) is 8.42 Å². The van der Waals surface area contributed by atoms with Crippen molar-refractivity contribution in [3.63, 3.8) is 0 Å². The van der Waals surface area contributed by atoms with Crippen molar-refractivity contribution in [2.75, 3.05) is 30.3 Å². The number of anilines is 1. The number of hydrogen-bond acceptors (Lipinski definition) is 7. The lowest BCUT2D eigenvalue weighted by molar-refractivity contribution is -0.385. The van der Waals surface area contributed by atoms with Crippen molar-refractivity contribution in [1.29, 1.82) is 0 Å². The molecule has 3 aromatic carbocycles. The monoisotopic (exact) mass is 597 g/mol. The lowest BCUT2D eigenvalue weighted by Crippen LogP contribution is -2.41. The molecule has 0 saturated carbocycles. The van der Waals surface area contributed by atoms with Gasteiger partial charge in [-0.2, -0.15) is 11.8 Å². The van der Waals surface area contributed by atoms with E-state index < -0.39 is 27.4 Å². The van der Waals surface area contributed by atoms with Crippen LogP contribution in [0.4, 0.5) is 11.4 Å². The first-order valence-electron chi connectivity index (χ1n) is 11.2. The van der Waals surface area contributed by atoms with Crippen molar-refractivity contribution in [3.8, 4) is 5.75 Å². The van der Waals surface area contributed by atoms with Crippen LogP contribution in [-0.4, -0.2) is 45.2 Å². The number of hydrogen-bond donors (Lipinski definition) is 1. The number of ether oxygens (including phenoxy) is 1. The third-order valence-corrected chi connectivity index (χ3v) is 8.81. The van der Waals surface area contributed by atoms with E-state index in [0.29, 0.717) is 22.1 Å². The largest absolute Gasteiger partial charge is 0.495 e. The number of sulfonamides is 1. The van der Waals surface area contributed by atoms with E-state index in [9.17, 15) is 23.3 Å². The van der Waals surface area contributed by atoms with Crippen LogP contribution in [0.5, 0.6) is 5.75 Å². The summed E-state index contributed by atoms with van der Waals surface area (Å²) in [6.45, 7) is 1.18. The number of benzene rings is 3. The molecule has 3 aromatic rings. The first-order valence-corrected chi connectivity index (χ1v) is 14.6. The Balaban J connectivity index is 1.82. The average Bonchev–Trinajstić information content (AvgIpc) is 2.88. The van der Waals surface area contributed by atoms with Gasteiger partial charge in [0.2, 0.25) is 5.91 Å². The maximum atomic E-state index is 13.7. The van der Waals surface area contributed by atoms with Gasteiger partial charge in [0.1, 0.15) is 12.3 Å². The highest BCUT2D eigenvalue weighted by Gasteiger charge is 2.31. The summed E-state index contributed by atoms with van der Waals surface area (Å²) in [4.78, 5) is 23.3. The van der Waals surface area contributed by atoms with Gasteiger partial charge in [0.05, 0.1) is 22.6 Å². The predicted molar refractivity (Wildman–Crippen MR) is 151 cm³/mol. The third kappa shape index (κ3) is 7.31. The van der Waals surface area contributed by atoms with Crippen LogP contribution in [-0.2, 0) is 20.6 Å². The van der Waals surface area contributed by atoms with Gasteiger partial charge in [-0.05, 0) is 42.8 Å². The minimum atomic E-state index is -4.44. The molecule has 38 heavy (non-hydrogen) atoms. The number of rotatable bonds is 12. The standard InChI is InChI=1S/C25H25Cl2N3O6S2/c1-17-7-9-20(14-22(17)30(32)33)38(34,35)29(23-13-19(26)8-10-24(23)36-2)15-25(31)28-11-12-37-16-18-5-3-4-6-21(18)27/h3-10,13-14H,11-12,15-16H2,1-2H3,(H,28,31). The Morgan fingerprint density at radius 3 is 2.55 bits per heavy atom. The SMILES string of the molecule is COc1ccc(Cl)cc1N(CC(=O)NCCSCc1ccccc1Cl)S(=O)(=O)c1ccc(C)c([N+](=O)[O-])c1. The van der Waals surface area contributed by atoms with E-state index in [1.54, 1.807) is 17.8 Å². The van der Waals surface area contributed by atoms with Gasteiger partial charge >= 0.3 is 0 Å². The van der Waals surface area contributed by atoms with Gasteiger partial charge < -0.3 is 10.1 Å². The number of nitrogens with zero attached hydrogens (tertiary/aromatic N) is 2. The van der Waals surface area contributed by atoms with E-state index in [2.05, 4.69) is 5.32 Å². The summed E-state index contributed by atoms with van der Waals surface area (Å²) in [6, 6.07) is 15.4. The van der Waals surface area contributed by atoms with E-state index in [0.717, 1.165) is 15.9 Å². The fraction of sp³-hybridized carbons (Fsp3) is 0.240. The number of methoxy groups -OCH3 is 1. The average molecular weight is 599 g/mol. The van der Waals surface area contributed by atoms with Gasteiger partial charge in [-0.15, -0.1) is 0 Å². The van der Waals surface area contributed by atoms with Crippen LogP contribution < -0.4 is 14.4 Å². The molecule has 3 rings (SSSR count). The van der Waals surface area contributed by atoms with E-state index in [1.165, 1.54) is 44.4 Å². The molecule has 0 bridgehead atoms. The smallest absolute Gasteiger partial charge is 0.273 e. The molecule has 1 N–H and O–H groups in total. The number of amides is 1. The molecule has 202 valence electrons. The topological polar surface area (TPSA) is 119 Å². The molecule has 1 amide bonds. The highest BCUT2D eigenvalue weighted by molar-refractivity contribution is 7.98. The molecule has 0 unspecified atom stereocenters. The summed E-state index contributed by atoms with van der Waals surface area (Å²) < 4.78 is 33.6. The van der Waals surface area contributed by atoms with Crippen molar-refractivity contribution in [1.82, 2.24) is 5.32 Å². The maximum absolute atomic E-state index is 13.7. The van der Waals surface area contributed by atoms with Gasteiger partial charge in [0.25, 0.3) is 15.7 Å². The quantitative estimate of drug-likeness (QED) is 0.167. The number of thioether (sulfide) groups is 1. The zero-order valence-electron chi connectivity index (χ0n) is 20.5. The normalized spacial score (nSPS) is 11.2. The summed E-state index contributed by atoms with van der Waals surface area (Å²) in [5.74, 6) is 0.800. The molecule has 0 spiro atoms. The van der Waals surface area contributed by atoms with Crippen LogP contribution in [0.3, 0.4) is 0 Å². The third-order valence-electron chi connectivity index (χ3n) is 5.45. The van der Waals surface area contributed by atoms with Crippen LogP contribution in [0.25, 0.3) is 0 Å². The molecule has 0 atom stereocenters. The van der Waals surface area contributed by atoms with Crippen molar-refractivity contribution >= 4 is 62.3 Å². The zero-order valence-corrected chi connectivity index (χ0v) is 23.7. The number of carbonyl (C=O) groups is 1. The van der Waals surface area contributed by atoms with Crippen molar-refractivity contribution in [2.24, 2.45) is 0 Å². The Hall–Kier alpha value is -2.99. The van der Waals surface area contributed by atoms with E-state index >= 15 is 0 Å². The Labute approximate surface area is 235 Å². The summed E-state index contributed by atoms with van der Waals surface area (Å²) in [6.07, 6.45) is 0. The molecule has 0 radical (unpaired) electrons. The van der Waals surface area contributed by atoms with Crippen LogP contribution >= 0.6 is 35.0 Å². The number of nitro benzene ring substituents is 1. The summed E-state index contributed by atoms with van der Waals surface area (Å²) >= 11 is 13.9. The minimum Gasteiger partial charge on any atom is -0.495 e. The van der Waals surface area contributed by atoms with E-state index in [4.69, 9.17) is 27.9 Å². The van der Waals surface area contributed by atoms with Crippen LogP contribution in [0, 0.1) is 17.0 Å². The summed E-state index contributed by atoms with van der Waals surface area (Å²) in [7, 11) is -3.09. The van der Waals surface area contributed by atoms with Gasteiger partial charge in [-0.3, -0.25) is 19.2 Å². The zero-order chi connectivity index (χ0) is 27.9. The highest BCUT2D eigenvalue weighted by Crippen LogP contribution is 2.35. The van der Waals surface area contributed by atoms with Gasteiger partial charge in [0, 0.05) is 39.7 Å². The van der Waals surface area contributed by atoms with Crippen molar-refractivity contribution in [2.45, 2.75) is 17.6 Å². The molecule has 0 aliphatic rings. The second-order valence-electron chi connectivity index (χ2n) is 8.03. The maximum Gasteiger partial charge on any atom is 0.273 e. The number of halogens is 2. The molecule has 13 heteroatoms. The fourth-order valence-electron chi connectivity index (χ4n) is 3.48. The molecule has 9 nitrogen and oxygen atoms in total. The molecule has 0 saturated heterocycles. The molecular formula is C25H25Cl2N3O6S2. The lowest BCUT2D eigenvalue weighted by Gasteiger charge is -2.26. The Bertz CT molecular complexity index is 1440. The second-order valence-corrected chi connectivity index (χ2v) is 11.8. The van der Waals surface area contributed by atoms with Crippen molar-refractivity contribution < 1.29 is 22.9 Å². The Kier molecular flexibility index (Phi) is 10.3. The molecule has 0 fully saturated rings. The molecular weight excluding hydrogens is 573 g/mol. The lowest BCUT2D eigenvalue weighted by atomic mass is 10.2. The summed E-state index contributed by atoms with van der Waals surface area (Å²) in [5.41, 5.74) is 0.937. The first kappa shape index (κ1) is 29.6. The van der Waals surface area contributed by atoms with Crippen LogP contribution in [0.2, 0.25) is 10.0 Å². The second kappa shape index (κ2) is 13.2. The van der Waals surface area contributed by atoms with Crippen LogP contribution in [0.15, 0.2) is 65.6 Å². The predicted octanol–water partition coefficient (Wildman–Crippen LogP) is 5.46. The molecule has 0 aromatic heterocycles. The number of nitro groups is 1.